The van der Waals surface area contributed by atoms with Crippen LogP contribution in [0.1, 0.15) is 54.2 Å². The number of fused-ring (bicyclic) bond motifs is 1. The monoisotopic (exact) mass is 509 g/mol. The third-order valence-corrected chi connectivity index (χ3v) is 5.26. The lowest BCUT2D eigenvalue weighted by Gasteiger charge is -2.13. The molecule has 1 aliphatic rings. The van der Waals surface area contributed by atoms with Crippen molar-refractivity contribution in [2.45, 2.75) is 46.3 Å². The van der Waals surface area contributed by atoms with Crippen LogP contribution < -0.4 is 21.1 Å². The van der Waals surface area contributed by atoms with Crippen LogP contribution in [0.3, 0.4) is 0 Å². The Morgan fingerprint density at radius 1 is 1.35 bits per heavy atom. The van der Waals surface area contributed by atoms with Crippen molar-refractivity contribution in [3.63, 3.8) is 0 Å². The summed E-state index contributed by atoms with van der Waals surface area (Å²) in [7, 11) is 1.95. The van der Waals surface area contributed by atoms with Crippen molar-refractivity contribution in [1.29, 1.82) is 0 Å². The number of aldehydes is 1. The highest BCUT2D eigenvalue weighted by atomic mass is 16.5. The molecule has 1 aromatic heterocycles. The van der Waals surface area contributed by atoms with Crippen molar-refractivity contribution >= 4 is 23.9 Å². The highest BCUT2D eigenvalue weighted by Crippen LogP contribution is 2.37. The molecule has 37 heavy (non-hydrogen) atoms. The van der Waals surface area contributed by atoms with Gasteiger partial charge in [-0.15, -0.1) is 13.2 Å². The first kappa shape index (κ1) is 31.7. The molecular weight excluding hydrogens is 466 g/mol. The minimum absolute atomic E-state index is 0.269. The third kappa shape index (κ3) is 11.5. The molecule has 1 aromatic carbocycles. The second kappa shape index (κ2) is 18.9. The predicted octanol–water partition coefficient (Wildman–Crippen LogP) is 4.65. The number of aliphatic imine (C=N–C) groups is 1. The molecule has 0 spiro atoms. The Bertz CT molecular complexity index is 1010. The maximum absolute atomic E-state index is 10.9. The molecule has 0 radical (unpaired) electrons. The maximum Gasteiger partial charge on any atom is 0.150 e. The van der Waals surface area contributed by atoms with Crippen molar-refractivity contribution in [3.8, 4) is 5.75 Å². The van der Waals surface area contributed by atoms with Gasteiger partial charge in [0.2, 0.25) is 0 Å². The van der Waals surface area contributed by atoms with Crippen molar-refractivity contribution in [3.05, 3.63) is 72.0 Å². The van der Waals surface area contributed by atoms with Crippen LogP contribution >= 0.6 is 0 Å². The normalized spacial score (nSPS) is 12.2. The number of nitrogens with two attached hydrogens (primary N) is 1. The minimum atomic E-state index is 0.269. The lowest BCUT2D eigenvalue weighted by atomic mass is 10.0. The van der Waals surface area contributed by atoms with Crippen molar-refractivity contribution in [1.82, 2.24) is 10.3 Å². The summed E-state index contributed by atoms with van der Waals surface area (Å²) in [5.74, 6) is 1.69. The summed E-state index contributed by atoms with van der Waals surface area (Å²) in [5, 5.41) is 6.42. The summed E-state index contributed by atoms with van der Waals surface area (Å²) in [6.45, 7) is 15.5. The van der Waals surface area contributed by atoms with Gasteiger partial charge in [-0.1, -0.05) is 18.2 Å². The average Bonchev–Trinajstić information content (AvgIpc) is 3.42. The third-order valence-electron chi connectivity index (χ3n) is 5.26. The van der Waals surface area contributed by atoms with Gasteiger partial charge in [0.1, 0.15) is 17.9 Å². The van der Waals surface area contributed by atoms with Crippen LogP contribution in [0.5, 0.6) is 5.75 Å². The second-order valence-corrected chi connectivity index (χ2v) is 8.38. The lowest BCUT2D eigenvalue weighted by molar-refractivity contribution is 0.0773. The zero-order chi connectivity index (χ0) is 27.5. The van der Waals surface area contributed by atoms with E-state index in [2.05, 4.69) is 47.6 Å². The molecule has 3 rings (SSSR count). The molecule has 0 saturated heterocycles. The number of ether oxygens (including phenoxy) is 2. The Hall–Kier alpha value is -3.33. The van der Waals surface area contributed by atoms with E-state index in [4.69, 9.17) is 15.2 Å². The highest BCUT2D eigenvalue weighted by molar-refractivity contribution is 5.86. The number of hydrogen-bond acceptors (Lipinski definition) is 8. The first-order valence-electron chi connectivity index (χ1n) is 12.6. The number of pyridine rings is 1. The van der Waals surface area contributed by atoms with E-state index in [1.807, 2.05) is 44.4 Å². The van der Waals surface area contributed by atoms with Crippen molar-refractivity contribution < 1.29 is 14.3 Å². The van der Waals surface area contributed by atoms with Gasteiger partial charge in [-0.25, -0.2) is 4.98 Å². The molecule has 8 heteroatoms. The molecule has 202 valence electrons. The first-order chi connectivity index (χ1) is 18.0. The lowest BCUT2D eigenvalue weighted by Crippen LogP contribution is -2.12. The van der Waals surface area contributed by atoms with Gasteiger partial charge in [0, 0.05) is 48.7 Å². The van der Waals surface area contributed by atoms with Gasteiger partial charge >= 0.3 is 0 Å². The molecule has 0 fully saturated rings. The van der Waals surface area contributed by atoms with E-state index < -0.39 is 0 Å². The SMILES string of the molecule is C/C(=C\C=N/CN)c1cnc(NCc2cccc(C=O)c2)c2c1OCC2.C=C.CNCCCOC(C)C. The zero-order valence-corrected chi connectivity index (χ0v) is 22.8. The number of aromatic nitrogens is 1. The topological polar surface area (TPSA) is 111 Å². The number of carbonyl (C=O) groups excluding carboxylic acids is 1. The van der Waals surface area contributed by atoms with Crippen molar-refractivity contribution in [2.75, 3.05) is 38.8 Å². The molecule has 0 unspecified atom stereocenters. The summed E-state index contributed by atoms with van der Waals surface area (Å²) in [6, 6.07) is 7.52. The quantitative estimate of drug-likeness (QED) is 0.165. The van der Waals surface area contributed by atoms with Crippen LogP contribution in [0.15, 0.2) is 54.7 Å². The van der Waals surface area contributed by atoms with Crippen LogP contribution in [0, 0.1) is 0 Å². The Morgan fingerprint density at radius 2 is 2.14 bits per heavy atom. The van der Waals surface area contributed by atoms with Gasteiger partial charge in [0.25, 0.3) is 0 Å². The van der Waals surface area contributed by atoms with E-state index in [0.717, 1.165) is 66.1 Å². The number of rotatable bonds is 12. The van der Waals surface area contributed by atoms with E-state index >= 15 is 0 Å². The number of hydrogen-bond donors (Lipinski definition) is 3. The molecule has 1 aliphatic heterocycles. The number of benzene rings is 1. The predicted molar refractivity (Wildman–Crippen MR) is 155 cm³/mol. The van der Waals surface area contributed by atoms with Gasteiger partial charge in [0.05, 0.1) is 19.4 Å². The standard InChI is InChI=1S/C20H22N4O2.C7H17NO.C2H4/c1-14(5-7-22-13-21)18-11-24-20(17-6-8-26-19(17)18)23-10-15-3-2-4-16(9-15)12-25;1-7(2)9-6-4-5-8-3;1-2/h2-5,7,9,11-12H,6,8,10,13,21H2,1H3,(H,23,24);7-8H,4-6H2,1-3H3;1-2H2/b14-5+,22-7-;;. The van der Waals surface area contributed by atoms with E-state index in [9.17, 15) is 4.79 Å². The maximum atomic E-state index is 10.9. The largest absolute Gasteiger partial charge is 0.492 e. The van der Waals surface area contributed by atoms with E-state index in [-0.39, 0.29) is 6.67 Å². The summed E-state index contributed by atoms with van der Waals surface area (Å²) in [4.78, 5) is 19.5. The van der Waals surface area contributed by atoms with Crippen LogP contribution in [-0.2, 0) is 17.7 Å². The van der Waals surface area contributed by atoms with E-state index in [1.165, 1.54) is 0 Å². The molecule has 0 bridgehead atoms. The Labute approximate surface area is 222 Å². The van der Waals surface area contributed by atoms with E-state index in [0.29, 0.717) is 24.8 Å². The summed E-state index contributed by atoms with van der Waals surface area (Å²) in [6.07, 6.45) is 8.57. The summed E-state index contributed by atoms with van der Waals surface area (Å²) < 4.78 is 11.2. The smallest absolute Gasteiger partial charge is 0.150 e. The molecule has 0 atom stereocenters. The molecule has 8 nitrogen and oxygen atoms in total. The van der Waals surface area contributed by atoms with Gasteiger partial charge in [-0.2, -0.15) is 0 Å². The number of nitrogens with one attached hydrogen (secondary N) is 2. The van der Waals surface area contributed by atoms with Crippen LogP contribution in [0.4, 0.5) is 5.82 Å². The first-order valence-corrected chi connectivity index (χ1v) is 12.6. The minimum Gasteiger partial charge on any atom is -0.492 e. The highest BCUT2D eigenvalue weighted by Gasteiger charge is 2.22. The Kier molecular flexibility index (Phi) is 16.2. The Morgan fingerprint density at radius 3 is 2.81 bits per heavy atom. The van der Waals surface area contributed by atoms with Gasteiger partial charge in [-0.05, 0) is 64.1 Å². The van der Waals surface area contributed by atoms with Gasteiger partial charge < -0.3 is 25.8 Å². The molecular formula is C29H43N5O3. The fourth-order valence-electron chi connectivity index (χ4n) is 3.47. The number of nitrogens with zero attached hydrogens (tertiary/aromatic N) is 2. The van der Waals surface area contributed by atoms with Crippen LogP contribution in [0.25, 0.3) is 5.57 Å². The average molecular weight is 510 g/mol. The van der Waals surface area contributed by atoms with E-state index in [1.54, 1.807) is 12.3 Å². The number of allylic oxidation sites excluding steroid dienone is 2. The molecule has 0 amide bonds. The zero-order valence-electron chi connectivity index (χ0n) is 22.8. The summed E-state index contributed by atoms with van der Waals surface area (Å²) >= 11 is 0. The molecule has 4 N–H and O–H groups in total. The number of anilines is 1. The second-order valence-electron chi connectivity index (χ2n) is 8.38. The fraction of sp³-hybridized carbons (Fsp3) is 0.414. The summed E-state index contributed by atoms with van der Waals surface area (Å²) in [5.41, 5.74) is 10.1. The molecule has 2 aromatic rings. The molecule has 0 saturated carbocycles. The van der Waals surface area contributed by atoms with Crippen LogP contribution in [0.2, 0.25) is 0 Å². The van der Waals surface area contributed by atoms with Gasteiger partial charge in [-0.3, -0.25) is 9.79 Å². The number of carbonyl (C=O) groups is 1. The molecule has 0 aliphatic carbocycles. The molecule has 2 heterocycles. The van der Waals surface area contributed by atoms with Gasteiger partial charge in [0.15, 0.2) is 0 Å². The van der Waals surface area contributed by atoms with Crippen LogP contribution in [-0.4, -0.2) is 57.1 Å². The van der Waals surface area contributed by atoms with Crippen molar-refractivity contribution in [2.24, 2.45) is 10.7 Å². The Balaban J connectivity index is 0.000000529. The fourth-order valence-corrected chi connectivity index (χ4v) is 3.47.